The highest BCUT2D eigenvalue weighted by atomic mass is 32.2. The van der Waals surface area contributed by atoms with Gasteiger partial charge in [-0.3, -0.25) is 0 Å². The highest BCUT2D eigenvalue weighted by Crippen LogP contribution is 2.21. The summed E-state index contributed by atoms with van der Waals surface area (Å²) in [7, 11) is 4.28. The van der Waals surface area contributed by atoms with Crippen molar-refractivity contribution in [2.75, 3.05) is 38.7 Å². The third-order valence-electron chi connectivity index (χ3n) is 2.47. The molecule has 1 N–H and O–H groups in total. The maximum atomic E-state index is 3.18. The molecule has 0 aromatic carbocycles. The second-order valence-electron chi connectivity index (χ2n) is 3.46. The van der Waals surface area contributed by atoms with Gasteiger partial charge in [0.15, 0.2) is 0 Å². The maximum Gasteiger partial charge on any atom is 0.0191 e. The normalized spacial score (nSPS) is 23.8. The number of hydrogen-bond donors (Lipinski definition) is 1. The Bertz CT molecular complexity index is 113. The fourth-order valence-electron chi connectivity index (χ4n) is 1.56. The molecule has 1 atom stereocenters. The summed E-state index contributed by atoms with van der Waals surface area (Å²) in [5.74, 6) is 2.71. The molecular formula is C9H20N2S. The van der Waals surface area contributed by atoms with Crippen LogP contribution >= 0.6 is 11.8 Å². The van der Waals surface area contributed by atoms with Gasteiger partial charge in [-0.05, 0) is 45.8 Å². The lowest BCUT2D eigenvalue weighted by Crippen LogP contribution is -2.33. The quantitative estimate of drug-likeness (QED) is 0.649. The van der Waals surface area contributed by atoms with Crippen molar-refractivity contribution < 1.29 is 0 Å². The Labute approximate surface area is 80.1 Å². The van der Waals surface area contributed by atoms with E-state index in [1.54, 1.807) is 0 Å². The van der Waals surface area contributed by atoms with Crippen LogP contribution in [0.5, 0.6) is 0 Å². The van der Waals surface area contributed by atoms with Gasteiger partial charge in [0.05, 0.1) is 0 Å². The van der Waals surface area contributed by atoms with Crippen LogP contribution in [-0.4, -0.2) is 49.6 Å². The molecule has 0 bridgehead atoms. The van der Waals surface area contributed by atoms with E-state index >= 15 is 0 Å². The van der Waals surface area contributed by atoms with Crippen molar-refractivity contribution in [1.82, 2.24) is 10.2 Å². The van der Waals surface area contributed by atoms with Crippen LogP contribution in [0.25, 0.3) is 0 Å². The molecule has 0 spiro atoms. The Balaban J connectivity index is 2.05. The minimum atomic E-state index is 0.854. The molecule has 1 unspecified atom stereocenters. The molecule has 2 nitrogen and oxygen atoms in total. The topological polar surface area (TPSA) is 15.3 Å². The Morgan fingerprint density at radius 2 is 2.42 bits per heavy atom. The lowest BCUT2D eigenvalue weighted by atomic mass is 10.2. The minimum Gasteiger partial charge on any atom is -0.320 e. The van der Waals surface area contributed by atoms with Crippen molar-refractivity contribution >= 4 is 11.8 Å². The van der Waals surface area contributed by atoms with Crippen LogP contribution in [0.2, 0.25) is 0 Å². The van der Waals surface area contributed by atoms with Crippen molar-refractivity contribution in [3.05, 3.63) is 0 Å². The number of hydrogen-bond acceptors (Lipinski definition) is 3. The van der Waals surface area contributed by atoms with E-state index in [0.29, 0.717) is 0 Å². The predicted octanol–water partition coefficient (Wildman–Crippen LogP) is 1.03. The molecule has 1 fully saturated rings. The molecule has 12 heavy (non-hydrogen) atoms. The third-order valence-corrected chi connectivity index (χ3v) is 3.61. The van der Waals surface area contributed by atoms with Gasteiger partial charge in [0, 0.05) is 11.8 Å². The van der Waals surface area contributed by atoms with Crippen molar-refractivity contribution in [3.8, 4) is 0 Å². The summed E-state index contributed by atoms with van der Waals surface area (Å²) in [6.45, 7) is 2.39. The Kier molecular flexibility index (Phi) is 5.04. The first kappa shape index (κ1) is 10.4. The van der Waals surface area contributed by atoms with E-state index in [0.717, 1.165) is 12.6 Å². The molecule has 0 amide bonds. The molecule has 0 aliphatic carbocycles. The van der Waals surface area contributed by atoms with E-state index in [2.05, 4.69) is 29.0 Å². The molecule has 0 saturated carbocycles. The summed E-state index contributed by atoms with van der Waals surface area (Å²) in [4.78, 5) is 2.51. The van der Waals surface area contributed by atoms with E-state index in [9.17, 15) is 0 Å². The number of nitrogens with one attached hydrogen (secondary N) is 1. The zero-order valence-electron chi connectivity index (χ0n) is 8.18. The van der Waals surface area contributed by atoms with Gasteiger partial charge < -0.3 is 10.2 Å². The van der Waals surface area contributed by atoms with Gasteiger partial charge in [0.25, 0.3) is 0 Å². The molecule has 1 aliphatic rings. The van der Waals surface area contributed by atoms with Crippen LogP contribution in [0.3, 0.4) is 0 Å². The zero-order valence-corrected chi connectivity index (χ0v) is 8.99. The first-order chi connectivity index (χ1) is 5.84. The second-order valence-corrected chi connectivity index (χ2v) is 4.60. The van der Waals surface area contributed by atoms with Crippen LogP contribution in [0, 0.1) is 0 Å². The van der Waals surface area contributed by atoms with Crippen LogP contribution < -0.4 is 5.32 Å². The lowest BCUT2D eigenvalue weighted by molar-refractivity contribution is 0.259. The molecule has 1 heterocycles. The summed E-state index contributed by atoms with van der Waals surface area (Å²) < 4.78 is 0. The minimum absolute atomic E-state index is 0.854. The highest BCUT2D eigenvalue weighted by molar-refractivity contribution is 7.99. The molecule has 1 saturated heterocycles. The summed E-state index contributed by atoms with van der Waals surface area (Å²) >= 11 is 2.09. The van der Waals surface area contributed by atoms with E-state index in [1.807, 2.05) is 7.05 Å². The van der Waals surface area contributed by atoms with Crippen LogP contribution in [-0.2, 0) is 0 Å². The lowest BCUT2D eigenvalue weighted by Gasteiger charge is -2.23. The van der Waals surface area contributed by atoms with Gasteiger partial charge in [-0.15, -0.1) is 0 Å². The first-order valence-corrected chi connectivity index (χ1v) is 5.92. The smallest absolute Gasteiger partial charge is 0.0191 e. The molecule has 1 rings (SSSR count). The molecule has 0 aromatic heterocycles. The third kappa shape index (κ3) is 3.33. The second kappa shape index (κ2) is 5.84. The van der Waals surface area contributed by atoms with Gasteiger partial charge in [-0.25, -0.2) is 0 Å². The van der Waals surface area contributed by atoms with Gasteiger partial charge in [-0.1, -0.05) is 0 Å². The number of thioether (sulfide) groups is 1. The van der Waals surface area contributed by atoms with E-state index in [1.165, 1.54) is 30.9 Å². The molecule has 0 radical (unpaired) electrons. The van der Waals surface area contributed by atoms with Crippen molar-refractivity contribution in [2.24, 2.45) is 0 Å². The molecule has 1 aliphatic heterocycles. The Morgan fingerprint density at radius 3 is 3.00 bits per heavy atom. The average Bonchev–Trinajstić information content (AvgIpc) is 2.56. The van der Waals surface area contributed by atoms with Crippen molar-refractivity contribution in [1.29, 1.82) is 0 Å². The number of nitrogens with zero attached hydrogens (tertiary/aromatic N) is 1. The fraction of sp³-hybridized carbons (Fsp3) is 1.00. The molecule has 3 heteroatoms. The summed E-state index contributed by atoms with van der Waals surface area (Å²) in [5, 5.41) is 3.18. The van der Waals surface area contributed by atoms with Crippen LogP contribution in [0.15, 0.2) is 0 Å². The zero-order chi connectivity index (χ0) is 8.81. The number of rotatable bonds is 5. The van der Waals surface area contributed by atoms with E-state index in [4.69, 9.17) is 0 Å². The Hall–Kier alpha value is 0.270. The summed E-state index contributed by atoms with van der Waals surface area (Å²) in [6, 6.07) is 0.854. The van der Waals surface area contributed by atoms with Gasteiger partial charge in [-0.2, -0.15) is 11.8 Å². The monoisotopic (exact) mass is 188 g/mol. The van der Waals surface area contributed by atoms with Gasteiger partial charge in [0.1, 0.15) is 0 Å². The fourth-order valence-corrected chi connectivity index (χ4v) is 2.86. The van der Waals surface area contributed by atoms with Gasteiger partial charge in [0.2, 0.25) is 0 Å². The summed E-state index contributed by atoms with van der Waals surface area (Å²) in [6.07, 6.45) is 2.66. The first-order valence-electron chi connectivity index (χ1n) is 4.77. The van der Waals surface area contributed by atoms with Crippen LogP contribution in [0.4, 0.5) is 0 Å². The molecule has 0 aromatic rings. The van der Waals surface area contributed by atoms with Gasteiger partial charge >= 0.3 is 0 Å². The van der Waals surface area contributed by atoms with E-state index in [-0.39, 0.29) is 0 Å². The SMILES string of the molecule is CNCCCN(C)C1CCSC1. The average molecular weight is 188 g/mol. The highest BCUT2D eigenvalue weighted by Gasteiger charge is 2.18. The molecular weight excluding hydrogens is 168 g/mol. The predicted molar refractivity (Wildman–Crippen MR) is 56.9 cm³/mol. The standard InChI is InChI=1S/C9H20N2S/c1-10-5-3-6-11(2)9-4-7-12-8-9/h9-10H,3-8H2,1-2H3. The Morgan fingerprint density at radius 1 is 1.58 bits per heavy atom. The maximum absolute atomic E-state index is 3.18. The van der Waals surface area contributed by atoms with E-state index < -0.39 is 0 Å². The van der Waals surface area contributed by atoms with Crippen molar-refractivity contribution in [2.45, 2.75) is 18.9 Å². The summed E-state index contributed by atoms with van der Waals surface area (Å²) in [5.41, 5.74) is 0. The van der Waals surface area contributed by atoms with Crippen LogP contribution in [0.1, 0.15) is 12.8 Å². The largest absolute Gasteiger partial charge is 0.320 e. The van der Waals surface area contributed by atoms with Crippen molar-refractivity contribution in [3.63, 3.8) is 0 Å². The molecule has 72 valence electrons.